The highest BCUT2D eigenvalue weighted by Gasteiger charge is 2.17. The summed E-state index contributed by atoms with van der Waals surface area (Å²) in [5, 5.41) is 2.54. The van der Waals surface area contributed by atoms with Crippen LogP contribution >= 0.6 is 11.6 Å². The van der Waals surface area contributed by atoms with Crippen molar-refractivity contribution in [2.75, 3.05) is 13.2 Å². The number of fused-ring (bicyclic) bond motifs is 3. The Balaban J connectivity index is 1.34. The van der Waals surface area contributed by atoms with E-state index in [2.05, 4.69) is 0 Å². The fourth-order valence-electron chi connectivity index (χ4n) is 2.99. The van der Waals surface area contributed by atoms with Crippen LogP contribution in [0.1, 0.15) is 6.92 Å². The van der Waals surface area contributed by atoms with Crippen LogP contribution in [0.3, 0.4) is 0 Å². The zero-order valence-corrected chi connectivity index (χ0v) is 16.5. The Morgan fingerprint density at radius 2 is 1.66 bits per heavy atom. The van der Waals surface area contributed by atoms with E-state index >= 15 is 0 Å². The number of halogens is 1. The standard InChI is InChI=1S/C23H19ClO5/c1-15(23(25)27-12-11-26-17-5-3-2-4-6-17)28-18-8-10-20-19-9-7-16(24)13-21(19)29-22(20)14-18/h2-10,13-15H,11-12H2,1H3. The average molecular weight is 411 g/mol. The quantitative estimate of drug-likeness (QED) is 0.292. The van der Waals surface area contributed by atoms with E-state index < -0.39 is 12.1 Å². The van der Waals surface area contributed by atoms with Crippen molar-refractivity contribution < 1.29 is 23.4 Å². The van der Waals surface area contributed by atoms with Crippen LogP contribution in [0.25, 0.3) is 21.9 Å². The van der Waals surface area contributed by atoms with Crippen molar-refractivity contribution in [1.82, 2.24) is 0 Å². The second kappa shape index (κ2) is 8.45. The molecule has 6 heteroatoms. The summed E-state index contributed by atoms with van der Waals surface area (Å²) >= 11 is 6.02. The van der Waals surface area contributed by atoms with Gasteiger partial charge in [-0.2, -0.15) is 0 Å². The molecule has 0 aliphatic heterocycles. The molecule has 0 aliphatic rings. The lowest BCUT2D eigenvalue weighted by Gasteiger charge is -2.14. The molecule has 4 aromatic rings. The first-order valence-corrected chi connectivity index (χ1v) is 9.61. The van der Waals surface area contributed by atoms with E-state index in [0.29, 0.717) is 21.9 Å². The second-order valence-electron chi connectivity index (χ2n) is 6.49. The summed E-state index contributed by atoms with van der Waals surface area (Å²) in [5.74, 6) is 0.791. The molecule has 1 heterocycles. The molecule has 1 atom stereocenters. The number of benzene rings is 3. The first kappa shape index (κ1) is 19.2. The third kappa shape index (κ3) is 4.46. The monoisotopic (exact) mass is 410 g/mol. The number of carbonyl (C=O) groups is 1. The molecule has 0 saturated heterocycles. The summed E-state index contributed by atoms with van der Waals surface area (Å²) in [6.45, 7) is 2.06. The molecular formula is C23H19ClO5. The SMILES string of the molecule is CC(Oc1ccc2c(c1)oc1cc(Cl)ccc12)C(=O)OCCOc1ccccc1. The lowest BCUT2D eigenvalue weighted by Crippen LogP contribution is -2.27. The highest BCUT2D eigenvalue weighted by molar-refractivity contribution is 6.31. The molecule has 0 aliphatic carbocycles. The van der Waals surface area contributed by atoms with Gasteiger partial charge in [-0.1, -0.05) is 29.8 Å². The van der Waals surface area contributed by atoms with Gasteiger partial charge in [-0.15, -0.1) is 0 Å². The number of ether oxygens (including phenoxy) is 3. The molecular weight excluding hydrogens is 392 g/mol. The van der Waals surface area contributed by atoms with Gasteiger partial charge >= 0.3 is 5.97 Å². The van der Waals surface area contributed by atoms with Crippen molar-refractivity contribution in [2.45, 2.75) is 13.0 Å². The van der Waals surface area contributed by atoms with Gasteiger partial charge < -0.3 is 18.6 Å². The Bertz CT molecular complexity index is 1140. The number of hydrogen-bond donors (Lipinski definition) is 0. The van der Waals surface area contributed by atoms with Crippen molar-refractivity contribution in [1.29, 1.82) is 0 Å². The topological polar surface area (TPSA) is 57.9 Å². The van der Waals surface area contributed by atoms with Crippen LogP contribution in [-0.4, -0.2) is 25.3 Å². The first-order chi connectivity index (χ1) is 14.1. The van der Waals surface area contributed by atoms with E-state index in [1.54, 1.807) is 25.1 Å². The zero-order chi connectivity index (χ0) is 20.2. The van der Waals surface area contributed by atoms with Crippen molar-refractivity contribution in [3.63, 3.8) is 0 Å². The molecule has 1 unspecified atom stereocenters. The average Bonchev–Trinajstić information content (AvgIpc) is 3.08. The van der Waals surface area contributed by atoms with Gasteiger partial charge in [0.25, 0.3) is 0 Å². The first-order valence-electron chi connectivity index (χ1n) is 9.23. The Hall–Kier alpha value is -3.18. The third-order valence-corrected chi connectivity index (χ3v) is 4.63. The molecule has 0 bridgehead atoms. The molecule has 29 heavy (non-hydrogen) atoms. The van der Waals surface area contributed by atoms with Gasteiger partial charge in [0.05, 0.1) is 0 Å². The summed E-state index contributed by atoms with van der Waals surface area (Å²) in [5.41, 5.74) is 1.37. The summed E-state index contributed by atoms with van der Waals surface area (Å²) < 4.78 is 22.3. The maximum Gasteiger partial charge on any atom is 0.347 e. The van der Waals surface area contributed by atoms with E-state index in [0.717, 1.165) is 16.5 Å². The molecule has 0 amide bonds. The zero-order valence-electron chi connectivity index (χ0n) is 15.8. The Morgan fingerprint density at radius 3 is 2.45 bits per heavy atom. The normalized spacial score (nSPS) is 12.1. The minimum Gasteiger partial charge on any atom is -0.490 e. The summed E-state index contributed by atoms with van der Waals surface area (Å²) in [6, 6.07) is 20.3. The number of carbonyl (C=O) groups excluding carboxylic acids is 1. The van der Waals surface area contributed by atoms with Gasteiger partial charge in [0.1, 0.15) is 35.9 Å². The number of esters is 1. The maximum absolute atomic E-state index is 12.2. The molecule has 5 nitrogen and oxygen atoms in total. The third-order valence-electron chi connectivity index (χ3n) is 4.39. The maximum atomic E-state index is 12.2. The summed E-state index contributed by atoms with van der Waals surface area (Å²) in [7, 11) is 0. The number of hydrogen-bond acceptors (Lipinski definition) is 5. The predicted octanol–water partition coefficient (Wildman–Crippen LogP) is 5.63. The lowest BCUT2D eigenvalue weighted by molar-refractivity contribution is -0.151. The molecule has 0 saturated carbocycles. The predicted molar refractivity (Wildman–Crippen MR) is 112 cm³/mol. The van der Waals surface area contributed by atoms with Gasteiger partial charge in [0, 0.05) is 27.9 Å². The highest BCUT2D eigenvalue weighted by atomic mass is 35.5. The van der Waals surface area contributed by atoms with Gasteiger partial charge in [-0.25, -0.2) is 4.79 Å². The molecule has 4 rings (SSSR count). The van der Waals surface area contributed by atoms with E-state index in [4.69, 9.17) is 30.2 Å². The smallest absolute Gasteiger partial charge is 0.347 e. The minimum absolute atomic E-state index is 0.144. The summed E-state index contributed by atoms with van der Waals surface area (Å²) in [6.07, 6.45) is -0.761. The minimum atomic E-state index is -0.761. The Labute approximate surface area is 172 Å². The molecule has 0 N–H and O–H groups in total. The van der Waals surface area contributed by atoms with E-state index in [-0.39, 0.29) is 13.2 Å². The summed E-state index contributed by atoms with van der Waals surface area (Å²) in [4.78, 5) is 12.2. The van der Waals surface area contributed by atoms with Gasteiger partial charge in [0.15, 0.2) is 6.10 Å². The molecule has 3 aromatic carbocycles. The fourth-order valence-corrected chi connectivity index (χ4v) is 3.15. The Morgan fingerprint density at radius 1 is 0.931 bits per heavy atom. The number of para-hydroxylation sites is 1. The van der Waals surface area contributed by atoms with Crippen molar-refractivity contribution in [2.24, 2.45) is 0 Å². The number of rotatable bonds is 7. The largest absolute Gasteiger partial charge is 0.490 e. The van der Waals surface area contributed by atoms with Crippen molar-refractivity contribution in [3.05, 3.63) is 71.8 Å². The van der Waals surface area contributed by atoms with E-state index in [9.17, 15) is 4.79 Å². The van der Waals surface area contributed by atoms with Crippen molar-refractivity contribution in [3.8, 4) is 11.5 Å². The lowest BCUT2D eigenvalue weighted by atomic mass is 10.1. The molecule has 1 aromatic heterocycles. The van der Waals surface area contributed by atoms with Crippen LogP contribution in [0, 0.1) is 0 Å². The van der Waals surface area contributed by atoms with Crippen LogP contribution in [0.4, 0.5) is 0 Å². The van der Waals surface area contributed by atoms with Crippen molar-refractivity contribution >= 4 is 39.5 Å². The Kier molecular flexibility index (Phi) is 5.58. The van der Waals surface area contributed by atoms with Gasteiger partial charge in [-0.05, 0) is 43.3 Å². The molecule has 0 radical (unpaired) electrons. The molecule has 148 valence electrons. The van der Waals surface area contributed by atoms with Crippen LogP contribution in [0.15, 0.2) is 71.1 Å². The van der Waals surface area contributed by atoms with E-state index in [1.165, 1.54) is 0 Å². The van der Waals surface area contributed by atoms with Gasteiger partial charge in [-0.3, -0.25) is 0 Å². The van der Waals surface area contributed by atoms with E-state index in [1.807, 2.05) is 48.5 Å². The van der Waals surface area contributed by atoms with Crippen LogP contribution in [0.2, 0.25) is 5.02 Å². The fraction of sp³-hybridized carbons (Fsp3) is 0.174. The van der Waals surface area contributed by atoms with Gasteiger partial charge in [0.2, 0.25) is 0 Å². The van der Waals surface area contributed by atoms with Crippen LogP contribution in [-0.2, 0) is 9.53 Å². The number of furan rings is 1. The van der Waals surface area contributed by atoms with Crippen LogP contribution < -0.4 is 9.47 Å². The molecule has 0 fully saturated rings. The second-order valence-corrected chi connectivity index (χ2v) is 6.93. The molecule has 0 spiro atoms. The van der Waals surface area contributed by atoms with Crippen LogP contribution in [0.5, 0.6) is 11.5 Å². The highest BCUT2D eigenvalue weighted by Crippen LogP contribution is 2.32.